The zero-order chi connectivity index (χ0) is 15.9. The topological polar surface area (TPSA) is 52.1 Å². The van der Waals surface area contributed by atoms with Crippen molar-refractivity contribution < 1.29 is 9.53 Å². The molecular formula is C19H20N2O2. The summed E-state index contributed by atoms with van der Waals surface area (Å²) >= 11 is 0. The van der Waals surface area contributed by atoms with Crippen LogP contribution in [0.2, 0.25) is 0 Å². The molecule has 2 aromatic heterocycles. The maximum absolute atomic E-state index is 11.9. The van der Waals surface area contributed by atoms with Crippen LogP contribution in [0.25, 0.3) is 16.5 Å². The molecule has 2 aromatic rings. The van der Waals surface area contributed by atoms with Gasteiger partial charge in [0.05, 0.1) is 18.0 Å². The molecule has 2 unspecified atom stereocenters. The van der Waals surface area contributed by atoms with Crippen molar-refractivity contribution in [2.45, 2.75) is 32.6 Å². The minimum absolute atomic E-state index is 0.0112. The van der Waals surface area contributed by atoms with Crippen molar-refractivity contribution in [2.75, 3.05) is 6.61 Å². The molecule has 0 N–H and O–H groups in total. The van der Waals surface area contributed by atoms with Crippen molar-refractivity contribution in [3.05, 3.63) is 42.4 Å². The van der Waals surface area contributed by atoms with Crippen LogP contribution in [-0.4, -0.2) is 22.5 Å². The summed E-state index contributed by atoms with van der Waals surface area (Å²) in [6.07, 6.45) is 11.9. The molecule has 0 radical (unpaired) electrons. The van der Waals surface area contributed by atoms with E-state index < -0.39 is 0 Å². The van der Waals surface area contributed by atoms with Gasteiger partial charge in [-0.1, -0.05) is 6.08 Å². The second kappa shape index (κ2) is 5.44. The number of carbonyl (C=O) groups excluding carboxylic acids is 1. The Balaban J connectivity index is 1.58. The lowest BCUT2D eigenvalue weighted by Crippen LogP contribution is -2.16. The van der Waals surface area contributed by atoms with Gasteiger partial charge in [0, 0.05) is 24.0 Å². The first-order valence-corrected chi connectivity index (χ1v) is 8.28. The molecule has 4 rings (SSSR count). The van der Waals surface area contributed by atoms with Crippen LogP contribution in [0.3, 0.4) is 0 Å². The third kappa shape index (κ3) is 2.42. The zero-order valence-corrected chi connectivity index (χ0v) is 13.3. The Morgan fingerprint density at radius 2 is 2.30 bits per heavy atom. The first-order valence-electron chi connectivity index (χ1n) is 8.28. The maximum atomic E-state index is 11.9. The average molecular weight is 308 g/mol. The van der Waals surface area contributed by atoms with E-state index in [1.54, 1.807) is 6.20 Å². The number of pyridine rings is 2. The lowest BCUT2D eigenvalue weighted by Gasteiger charge is -2.23. The van der Waals surface area contributed by atoms with Gasteiger partial charge in [-0.15, -0.1) is 0 Å². The summed E-state index contributed by atoms with van der Waals surface area (Å²) in [5, 5.41) is 1.11. The number of ether oxygens (including phenoxy) is 1. The second-order valence-corrected chi connectivity index (χ2v) is 6.56. The zero-order valence-electron chi connectivity index (χ0n) is 13.3. The highest BCUT2D eigenvalue weighted by molar-refractivity contribution is 5.91. The van der Waals surface area contributed by atoms with Crippen LogP contribution in [0.4, 0.5) is 0 Å². The van der Waals surface area contributed by atoms with Crippen molar-refractivity contribution in [1.82, 2.24) is 9.97 Å². The maximum Gasteiger partial charge on any atom is 0.309 e. The standard InChI is InChI=1S/C19H20N2O2/c1-2-23-18(22)16-11-19(16)7-3-13(4-8-19)14-5-10-21-17-6-9-20-12-15(14)17/h3,5-6,9-10,12,16H,2,4,7-8,11H2,1H3. The van der Waals surface area contributed by atoms with Gasteiger partial charge in [-0.2, -0.15) is 0 Å². The first-order chi connectivity index (χ1) is 11.2. The molecule has 0 saturated heterocycles. The SMILES string of the molecule is CCOC(=O)C1CC12CC=C(c1ccnc3ccncc13)CC2. The molecule has 2 aliphatic carbocycles. The molecule has 1 spiro atoms. The third-order valence-corrected chi connectivity index (χ3v) is 5.30. The van der Waals surface area contributed by atoms with Crippen LogP contribution >= 0.6 is 0 Å². The Morgan fingerprint density at radius 1 is 1.39 bits per heavy atom. The summed E-state index contributed by atoms with van der Waals surface area (Å²) in [5.74, 6) is 0.0963. The lowest BCUT2D eigenvalue weighted by molar-refractivity contribution is -0.145. The number of carbonyl (C=O) groups is 1. The molecule has 0 bridgehead atoms. The first kappa shape index (κ1) is 14.4. The number of esters is 1. The molecular weight excluding hydrogens is 288 g/mol. The van der Waals surface area contributed by atoms with E-state index in [9.17, 15) is 4.79 Å². The van der Waals surface area contributed by atoms with Crippen molar-refractivity contribution in [3.63, 3.8) is 0 Å². The van der Waals surface area contributed by atoms with E-state index in [4.69, 9.17) is 4.74 Å². The fourth-order valence-electron chi connectivity index (χ4n) is 3.85. The molecule has 4 heteroatoms. The highest BCUT2D eigenvalue weighted by atomic mass is 16.5. The van der Waals surface area contributed by atoms with E-state index in [1.165, 1.54) is 11.1 Å². The minimum Gasteiger partial charge on any atom is -0.466 e. The van der Waals surface area contributed by atoms with Gasteiger partial charge < -0.3 is 4.74 Å². The summed E-state index contributed by atoms with van der Waals surface area (Å²) in [6.45, 7) is 2.34. The van der Waals surface area contributed by atoms with Gasteiger partial charge in [0.1, 0.15) is 0 Å². The lowest BCUT2D eigenvalue weighted by atomic mass is 9.82. The Morgan fingerprint density at radius 3 is 3.09 bits per heavy atom. The van der Waals surface area contributed by atoms with E-state index in [1.807, 2.05) is 25.4 Å². The predicted octanol–water partition coefficient (Wildman–Crippen LogP) is 3.77. The van der Waals surface area contributed by atoms with Gasteiger partial charge in [-0.3, -0.25) is 14.8 Å². The summed E-state index contributed by atoms with van der Waals surface area (Å²) in [4.78, 5) is 20.6. The number of fused-ring (bicyclic) bond motifs is 1. The summed E-state index contributed by atoms with van der Waals surface area (Å²) in [6, 6.07) is 4.02. The normalized spacial score (nSPS) is 26.1. The number of hydrogen-bond donors (Lipinski definition) is 0. The smallest absolute Gasteiger partial charge is 0.309 e. The van der Waals surface area contributed by atoms with E-state index in [0.29, 0.717) is 6.61 Å². The van der Waals surface area contributed by atoms with Crippen LogP contribution in [0, 0.1) is 11.3 Å². The van der Waals surface area contributed by atoms with E-state index in [2.05, 4.69) is 22.1 Å². The highest BCUT2D eigenvalue weighted by Gasteiger charge is 2.58. The van der Waals surface area contributed by atoms with Crippen molar-refractivity contribution in [3.8, 4) is 0 Å². The van der Waals surface area contributed by atoms with Gasteiger partial charge >= 0.3 is 5.97 Å². The quantitative estimate of drug-likeness (QED) is 0.810. The van der Waals surface area contributed by atoms with Gasteiger partial charge in [0.2, 0.25) is 0 Å². The second-order valence-electron chi connectivity index (χ2n) is 6.56. The van der Waals surface area contributed by atoms with Crippen LogP contribution in [0.5, 0.6) is 0 Å². The third-order valence-electron chi connectivity index (χ3n) is 5.30. The Bertz CT molecular complexity index is 794. The van der Waals surface area contributed by atoms with Crippen molar-refractivity contribution >= 4 is 22.4 Å². The molecule has 1 saturated carbocycles. The van der Waals surface area contributed by atoms with Gasteiger partial charge in [-0.05, 0) is 61.3 Å². The fraction of sp³-hybridized carbons (Fsp3) is 0.421. The van der Waals surface area contributed by atoms with Gasteiger partial charge in [0.15, 0.2) is 0 Å². The number of hydrogen-bond acceptors (Lipinski definition) is 4. The number of rotatable bonds is 3. The minimum atomic E-state index is -0.0112. The molecule has 0 aliphatic heterocycles. The van der Waals surface area contributed by atoms with Crippen molar-refractivity contribution in [2.24, 2.45) is 11.3 Å². The van der Waals surface area contributed by atoms with Crippen LogP contribution in [0.1, 0.15) is 38.2 Å². The molecule has 4 nitrogen and oxygen atoms in total. The summed E-state index contributed by atoms with van der Waals surface area (Å²) < 4.78 is 5.19. The summed E-state index contributed by atoms with van der Waals surface area (Å²) in [5.41, 5.74) is 3.72. The van der Waals surface area contributed by atoms with E-state index in [-0.39, 0.29) is 17.3 Å². The Kier molecular flexibility index (Phi) is 3.40. The van der Waals surface area contributed by atoms with Gasteiger partial charge in [-0.25, -0.2) is 0 Å². The molecule has 2 atom stereocenters. The van der Waals surface area contributed by atoms with E-state index >= 15 is 0 Å². The van der Waals surface area contributed by atoms with Crippen LogP contribution in [-0.2, 0) is 9.53 Å². The monoisotopic (exact) mass is 308 g/mol. The molecule has 2 aliphatic rings. The summed E-state index contributed by atoms with van der Waals surface area (Å²) in [7, 11) is 0. The largest absolute Gasteiger partial charge is 0.466 e. The molecule has 2 heterocycles. The number of allylic oxidation sites excluding steroid dienone is 2. The average Bonchev–Trinajstić information content (AvgIpc) is 3.29. The highest BCUT2D eigenvalue weighted by Crippen LogP contribution is 2.62. The molecule has 118 valence electrons. The van der Waals surface area contributed by atoms with E-state index in [0.717, 1.165) is 36.6 Å². The molecule has 23 heavy (non-hydrogen) atoms. The predicted molar refractivity (Wildman–Crippen MR) is 88.5 cm³/mol. The fourth-order valence-corrected chi connectivity index (χ4v) is 3.85. The van der Waals surface area contributed by atoms with Gasteiger partial charge in [0.25, 0.3) is 0 Å². The molecule has 0 amide bonds. The number of aromatic nitrogens is 2. The Hall–Kier alpha value is -2.23. The van der Waals surface area contributed by atoms with Crippen LogP contribution in [0.15, 0.2) is 36.8 Å². The Labute approximate surface area is 135 Å². The van der Waals surface area contributed by atoms with Crippen molar-refractivity contribution in [1.29, 1.82) is 0 Å². The number of nitrogens with zero attached hydrogens (tertiary/aromatic N) is 2. The molecule has 0 aromatic carbocycles. The molecule has 1 fully saturated rings. The van der Waals surface area contributed by atoms with Crippen LogP contribution < -0.4 is 0 Å².